The van der Waals surface area contributed by atoms with Gasteiger partial charge in [-0.3, -0.25) is 4.57 Å². The minimum atomic E-state index is -1.25. The summed E-state index contributed by atoms with van der Waals surface area (Å²) in [6, 6.07) is 1.45. The third kappa shape index (κ3) is 2.35. The summed E-state index contributed by atoms with van der Waals surface area (Å²) in [6.45, 7) is -1.14. The molecule has 0 aliphatic carbocycles. The summed E-state index contributed by atoms with van der Waals surface area (Å²) in [6.07, 6.45) is 1.04. The van der Waals surface area contributed by atoms with Crippen molar-refractivity contribution in [3.63, 3.8) is 0 Å². The van der Waals surface area contributed by atoms with E-state index in [2.05, 4.69) is 4.98 Å². The largest absolute Gasteiger partial charge is 0.396 e. The molecule has 1 aromatic rings. The van der Waals surface area contributed by atoms with Crippen molar-refractivity contribution >= 4 is 5.82 Å². The van der Waals surface area contributed by atoms with Crippen molar-refractivity contribution < 1.29 is 20.1 Å². The Morgan fingerprint density at radius 3 is 2.63 bits per heavy atom. The number of nitrogens with zero attached hydrogens (tertiary/aromatic N) is 2. The predicted molar refractivity (Wildman–Crippen MR) is 65.1 cm³/mol. The van der Waals surface area contributed by atoms with E-state index in [-0.39, 0.29) is 12.4 Å². The van der Waals surface area contributed by atoms with E-state index >= 15 is 0 Å². The average Bonchev–Trinajstić information content (AvgIpc) is 2.78. The molecule has 5 N–H and O–H groups in total. The van der Waals surface area contributed by atoms with Crippen LogP contribution in [-0.4, -0.2) is 50.3 Å². The summed E-state index contributed by atoms with van der Waals surface area (Å²) < 4.78 is 6.81. The quantitative estimate of drug-likeness (QED) is 0.502. The predicted octanol–water partition coefficient (Wildman–Crippen LogP) is -1.92. The van der Waals surface area contributed by atoms with E-state index in [1.54, 1.807) is 0 Å². The van der Waals surface area contributed by atoms with Crippen LogP contribution in [0.5, 0.6) is 0 Å². The molecule has 0 unspecified atom stereocenters. The second-order valence-corrected chi connectivity index (χ2v) is 4.61. The van der Waals surface area contributed by atoms with Crippen molar-refractivity contribution in [2.45, 2.75) is 18.2 Å². The van der Waals surface area contributed by atoms with Crippen LogP contribution in [0.3, 0.4) is 0 Å². The fourth-order valence-electron chi connectivity index (χ4n) is 2.31. The summed E-state index contributed by atoms with van der Waals surface area (Å²) in [5.74, 6) is -0.356. The van der Waals surface area contributed by atoms with Gasteiger partial charge in [-0.25, -0.2) is 4.79 Å². The first-order valence-electron chi connectivity index (χ1n) is 5.91. The lowest BCUT2D eigenvalue weighted by molar-refractivity contribution is -0.140. The minimum Gasteiger partial charge on any atom is -0.396 e. The first-order chi connectivity index (χ1) is 9.06. The van der Waals surface area contributed by atoms with Crippen molar-refractivity contribution in [2.24, 2.45) is 5.92 Å². The maximum Gasteiger partial charge on any atom is 0.351 e. The van der Waals surface area contributed by atoms with Crippen molar-refractivity contribution in [3.05, 3.63) is 22.7 Å². The van der Waals surface area contributed by atoms with Crippen molar-refractivity contribution in [1.82, 2.24) is 9.55 Å². The zero-order chi connectivity index (χ0) is 14.0. The number of aromatic nitrogens is 2. The van der Waals surface area contributed by atoms with E-state index in [0.29, 0.717) is 6.42 Å². The van der Waals surface area contributed by atoms with Crippen LogP contribution in [0.1, 0.15) is 12.6 Å². The van der Waals surface area contributed by atoms with Crippen molar-refractivity contribution in [1.29, 1.82) is 0 Å². The number of nitrogens with two attached hydrogens (primary N) is 1. The monoisotopic (exact) mass is 271 g/mol. The molecule has 106 valence electrons. The van der Waals surface area contributed by atoms with E-state index in [1.807, 2.05) is 0 Å². The molecule has 1 aliphatic heterocycles. The molecule has 0 bridgehead atoms. The Balaban J connectivity index is 2.31. The molecular formula is C11H17N3O5. The van der Waals surface area contributed by atoms with Gasteiger partial charge in [-0.05, 0) is 6.07 Å². The lowest BCUT2D eigenvalue weighted by Crippen LogP contribution is -2.45. The van der Waals surface area contributed by atoms with E-state index in [0.717, 1.165) is 0 Å². The fraction of sp³-hybridized carbons (Fsp3) is 0.636. The fourth-order valence-corrected chi connectivity index (χ4v) is 2.31. The van der Waals surface area contributed by atoms with E-state index in [9.17, 15) is 20.1 Å². The second-order valence-electron chi connectivity index (χ2n) is 4.61. The smallest absolute Gasteiger partial charge is 0.351 e. The maximum atomic E-state index is 11.7. The molecule has 2 atom stereocenters. The van der Waals surface area contributed by atoms with Gasteiger partial charge in [0.2, 0.25) is 0 Å². The SMILES string of the molecule is Nc1ccn([C@@H]2C[C@H](CO)C(CO)(CO)O2)c(=O)n1. The second kappa shape index (κ2) is 5.25. The molecule has 8 heteroatoms. The molecule has 1 aromatic heterocycles. The Bertz CT molecular complexity index is 499. The van der Waals surface area contributed by atoms with Crippen LogP contribution >= 0.6 is 0 Å². The van der Waals surface area contributed by atoms with Crippen molar-refractivity contribution in [2.75, 3.05) is 25.6 Å². The molecule has 0 spiro atoms. The van der Waals surface area contributed by atoms with Gasteiger partial charge in [0.05, 0.1) is 13.2 Å². The molecule has 19 heavy (non-hydrogen) atoms. The summed E-state index contributed by atoms with van der Waals surface area (Å²) in [4.78, 5) is 15.3. The van der Waals surface area contributed by atoms with Gasteiger partial charge in [0.15, 0.2) is 0 Å². The van der Waals surface area contributed by atoms with E-state index < -0.39 is 36.7 Å². The number of ether oxygens (including phenoxy) is 1. The zero-order valence-corrected chi connectivity index (χ0v) is 10.3. The normalized spacial score (nSPS) is 25.6. The molecule has 0 amide bonds. The van der Waals surface area contributed by atoms with Crippen LogP contribution in [-0.2, 0) is 4.74 Å². The number of hydrogen-bond acceptors (Lipinski definition) is 7. The Kier molecular flexibility index (Phi) is 3.85. The lowest BCUT2D eigenvalue weighted by atomic mass is 9.89. The van der Waals surface area contributed by atoms with Gasteiger partial charge in [0.25, 0.3) is 0 Å². The maximum absolute atomic E-state index is 11.7. The van der Waals surface area contributed by atoms with Crippen LogP contribution in [0.2, 0.25) is 0 Å². The number of aliphatic hydroxyl groups is 3. The summed E-state index contributed by atoms with van der Waals surface area (Å²) in [7, 11) is 0. The molecule has 0 saturated carbocycles. The van der Waals surface area contributed by atoms with Crippen LogP contribution < -0.4 is 11.4 Å². The highest BCUT2D eigenvalue weighted by atomic mass is 16.6. The van der Waals surface area contributed by atoms with Gasteiger partial charge >= 0.3 is 5.69 Å². The first-order valence-corrected chi connectivity index (χ1v) is 5.91. The molecule has 1 fully saturated rings. The van der Waals surface area contributed by atoms with Gasteiger partial charge < -0.3 is 25.8 Å². The van der Waals surface area contributed by atoms with Gasteiger partial charge in [0.1, 0.15) is 17.6 Å². The van der Waals surface area contributed by atoms with Gasteiger partial charge in [-0.15, -0.1) is 0 Å². The third-order valence-corrected chi connectivity index (χ3v) is 3.52. The molecule has 2 rings (SSSR count). The summed E-state index contributed by atoms with van der Waals surface area (Å²) >= 11 is 0. The highest BCUT2D eigenvalue weighted by Gasteiger charge is 2.48. The summed E-state index contributed by atoms with van der Waals surface area (Å²) in [5, 5.41) is 28.1. The van der Waals surface area contributed by atoms with E-state index in [1.165, 1.54) is 16.8 Å². The number of anilines is 1. The number of rotatable bonds is 4. The topological polar surface area (TPSA) is 131 Å². The third-order valence-electron chi connectivity index (χ3n) is 3.52. The van der Waals surface area contributed by atoms with Crippen molar-refractivity contribution in [3.8, 4) is 0 Å². The molecule has 8 nitrogen and oxygen atoms in total. The lowest BCUT2D eigenvalue weighted by Gasteiger charge is -2.29. The molecule has 0 radical (unpaired) electrons. The number of nitrogen functional groups attached to an aromatic ring is 1. The Morgan fingerprint density at radius 1 is 1.47 bits per heavy atom. The standard InChI is InChI=1S/C11H17N3O5/c12-8-1-2-14(10(18)13-8)9-3-7(4-15)11(5-16,6-17)19-9/h1-2,7,9,15-17H,3-6H2,(H2,12,13,18)/t7-,9+/m1/s1. The molecule has 1 aliphatic rings. The Hall–Kier alpha value is -1.48. The van der Waals surface area contributed by atoms with Crippen LogP contribution in [0.25, 0.3) is 0 Å². The van der Waals surface area contributed by atoms with Gasteiger partial charge in [-0.1, -0.05) is 0 Å². The molecular weight excluding hydrogens is 254 g/mol. The van der Waals surface area contributed by atoms with Crippen LogP contribution in [0.15, 0.2) is 17.1 Å². The first kappa shape index (κ1) is 13.9. The average molecular weight is 271 g/mol. The number of hydrogen-bond donors (Lipinski definition) is 4. The molecule has 0 aromatic carbocycles. The van der Waals surface area contributed by atoms with Crippen LogP contribution in [0.4, 0.5) is 5.82 Å². The van der Waals surface area contributed by atoms with Gasteiger partial charge in [0, 0.05) is 25.1 Å². The Labute approximate surface area is 109 Å². The minimum absolute atomic E-state index is 0.105. The summed E-state index contributed by atoms with van der Waals surface area (Å²) in [5.41, 5.74) is 3.57. The molecule has 2 heterocycles. The Morgan fingerprint density at radius 2 is 2.16 bits per heavy atom. The highest BCUT2D eigenvalue weighted by molar-refractivity contribution is 5.23. The zero-order valence-electron chi connectivity index (χ0n) is 10.3. The van der Waals surface area contributed by atoms with Gasteiger partial charge in [-0.2, -0.15) is 4.98 Å². The molecule has 1 saturated heterocycles. The highest BCUT2D eigenvalue weighted by Crippen LogP contribution is 2.40. The van der Waals surface area contributed by atoms with E-state index in [4.69, 9.17) is 10.5 Å². The number of aliphatic hydroxyl groups excluding tert-OH is 3. The van der Waals surface area contributed by atoms with Crippen LogP contribution in [0, 0.1) is 5.92 Å².